The van der Waals surface area contributed by atoms with Gasteiger partial charge in [-0.25, -0.2) is 4.39 Å². The van der Waals surface area contributed by atoms with Gasteiger partial charge < -0.3 is 4.52 Å². The first-order valence-corrected chi connectivity index (χ1v) is 8.09. The summed E-state index contributed by atoms with van der Waals surface area (Å²) in [6, 6.07) is 7.22. The number of halogens is 1. The second-order valence-electron chi connectivity index (χ2n) is 6.13. The van der Waals surface area contributed by atoms with Gasteiger partial charge in [0.15, 0.2) is 5.82 Å². The van der Waals surface area contributed by atoms with Gasteiger partial charge in [-0.1, -0.05) is 23.4 Å². The van der Waals surface area contributed by atoms with E-state index in [9.17, 15) is 4.39 Å². The predicted molar refractivity (Wildman–Crippen MR) is 85.4 cm³/mol. The topological polar surface area (TPSA) is 45.4 Å². The molecule has 2 atom stereocenters. The molecule has 2 heterocycles. The van der Waals surface area contributed by atoms with E-state index in [0.29, 0.717) is 11.7 Å². The number of piperazine rings is 1. The maximum atomic E-state index is 14.0. The molecule has 0 saturated carbocycles. The van der Waals surface area contributed by atoms with Crippen molar-refractivity contribution in [3.63, 3.8) is 0 Å². The molecule has 124 valence electrons. The van der Waals surface area contributed by atoms with Crippen molar-refractivity contribution in [1.29, 1.82) is 0 Å². The molecule has 2 aromatic rings. The highest BCUT2D eigenvalue weighted by atomic mass is 19.1. The number of aromatic nitrogens is 2. The van der Waals surface area contributed by atoms with E-state index in [4.69, 9.17) is 4.52 Å². The normalized spacial score (nSPS) is 19.7. The Morgan fingerprint density at radius 3 is 2.22 bits per heavy atom. The molecule has 1 aliphatic heterocycles. The van der Waals surface area contributed by atoms with Crippen molar-refractivity contribution < 1.29 is 8.91 Å². The van der Waals surface area contributed by atoms with Gasteiger partial charge in [-0.05, 0) is 26.8 Å². The fourth-order valence-electron chi connectivity index (χ4n) is 3.16. The van der Waals surface area contributed by atoms with Gasteiger partial charge in [0, 0.05) is 37.8 Å². The second-order valence-corrected chi connectivity index (χ2v) is 6.13. The van der Waals surface area contributed by atoms with Crippen molar-refractivity contribution >= 4 is 0 Å². The molecule has 1 aliphatic rings. The first kappa shape index (κ1) is 16.1. The van der Waals surface area contributed by atoms with Crippen LogP contribution in [0.5, 0.6) is 0 Å². The number of aryl methyl sites for hydroxylation is 1. The van der Waals surface area contributed by atoms with Gasteiger partial charge in [-0.3, -0.25) is 9.80 Å². The lowest BCUT2D eigenvalue weighted by molar-refractivity contribution is 0.0669. The molecule has 0 bridgehead atoms. The van der Waals surface area contributed by atoms with E-state index in [1.54, 1.807) is 6.07 Å². The predicted octanol–water partition coefficient (Wildman–Crippen LogP) is 2.96. The number of hydrogen-bond acceptors (Lipinski definition) is 5. The number of benzene rings is 1. The fourth-order valence-corrected chi connectivity index (χ4v) is 3.16. The van der Waals surface area contributed by atoms with Gasteiger partial charge in [0.1, 0.15) is 5.82 Å². The Kier molecular flexibility index (Phi) is 4.73. The Labute approximate surface area is 136 Å². The SMILES string of the molecule is Cc1noc([C@@H](C)N2CCN([C@H](C)c3ccccc3F)CC2)n1. The van der Waals surface area contributed by atoms with Crippen LogP contribution in [0.2, 0.25) is 0 Å². The summed E-state index contributed by atoms with van der Waals surface area (Å²) >= 11 is 0. The zero-order valence-corrected chi connectivity index (χ0v) is 13.9. The molecule has 0 N–H and O–H groups in total. The molecule has 23 heavy (non-hydrogen) atoms. The van der Waals surface area contributed by atoms with E-state index in [1.807, 2.05) is 19.1 Å². The first-order valence-electron chi connectivity index (χ1n) is 8.09. The zero-order chi connectivity index (χ0) is 16.4. The molecule has 0 amide bonds. The maximum absolute atomic E-state index is 14.0. The van der Waals surface area contributed by atoms with Crippen LogP contribution < -0.4 is 0 Å². The van der Waals surface area contributed by atoms with Gasteiger partial charge in [-0.15, -0.1) is 0 Å². The van der Waals surface area contributed by atoms with Crippen LogP contribution in [0, 0.1) is 12.7 Å². The lowest BCUT2D eigenvalue weighted by Crippen LogP contribution is -2.47. The van der Waals surface area contributed by atoms with E-state index in [1.165, 1.54) is 6.07 Å². The summed E-state index contributed by atoms with van der Waals surface area (Å²) in [6.45, 7) is 9.58. The van der Waals surface area contributed by atoms with Gasteiger partial charge in [-0.2, -0.15) is 4.98 Å². The maximum Gasteiger partial charge on any atom is 0.243 e. The van der Waals surface area contributed by atoms with Crippen LogP contribution in [0.3, 0.4) is 0 Å². The largest absolute Gasteiger partial charge is 0.338 e. The van der Waals surface area contributed by atoms with Crippen LogP contribution in [-0.4, -0.2) is 46.1 Å². The van der Waals surface area contributed by atoms with Crippen molar-refractivity contribution in [1.82, 2.24) is 19.9 Å². The number of rotatable bonds is 4. The minimum atomic E-state index is -0.128. The highest BCUT2D eigenvalue weighted by Crippen LogP contribution is 2.26. The van der Waals surface area contributed by atoms with Gasteiger partial charge in [0.2, 0.25) is 5.89 Å². The van der Waals surface area contributed by atoms with Gasteiger partial charge in [0.05, 0.1) is 6.04 Å². The second kappa shape index (κ2) is 6.76. The van der Waals surface area contributed by atoms with Gasteiger partial charge >= 0.3 is 0 Å². The lowest BCUT2D eigenvalue weighted by atomic mass is 10.1. The summed E-state index contributed by atoms with van der Waals surface area (Å²) < 4.78 is 19.2. The number of hydrogen-bond donors (Lipinski definition) is 0. The third-order valence-electron chi connectivity index (χ3n) is 4.70. The van der Waals surface area contributed by atoms with Crippen LogP contribution in [0.1, 0.15) is 43.2 Å². The molecule has 6 heteroatoms. The van der Waals surface area contributed by atoms with Gasteiger partial charge in [0.25, 0.3) is 0 Å². The summed E-state index contributed by atoms with van der Waals surface area (Å²) in [5.74, 6) is 1.20. The van der Waals surface area contributed by atoms with Crippen LogP contribution in [0.25, 0.3) is 0 Å². The van der Waals surface area contributed by atoms with E-state index in [2.05, 4.69) is 33.8 Å². The van der Waals surface area contributed by atoms with Crippen LogP contribution in [0.4, 0.5) is 4.39 Å². The van der Waals surface area contributed by atoms with E-state index in [0.717, 1.165) is 31.7 Å². The van der Waals surface area contributed by atoms with Crippen molar-refractivity contribution in [3.05, 3.63) is 47.4 Å². The molecule has 3 rings (SSSR count). The average Bonchev–Trinajstić information content (AvgIpc) is 3.01. The Morgan fingerprint density at radius 2 is 1.65 bits per heavy atom. The Bertz CT molecular complexity index is 652. The molecule has 0 aliphatic carbocycles. The molecule has 0 radical (unpaired) electrons. The molecule has 5 nitrogen and oxygen atoms in total. The first-order chi connectivity index (χ1) is 11.1. The van der Waals surface area contributed by atoms with Crippen LogP contribution in [-0.2, 0) is 0 Å². The Hall–Kier alpha value is -1.79. The lowest BCUT2D eigenvalue weighted by Gasteiger charge is -2.39. The standard InChI is InChI=1S/C17H23FN4O/c1-12(15-6-4-5-7-16(15)18)21-8-10-22(11-9-21)13(2)17-19-14(3)20-23-17/h4-7,12-13H,8-11H2,1-3H3/t12-,13-/m1/s1. The summed E-state index contributed by atoms with van der Waals surface area (Å²) in [5, 5.41) is 3.86. The molecule has 1 fully saturated rings. The van der Waals surface area contributed by atoms with Crippen molar-refractivity contribution in [2.45, 2.75) is 32.9 Å². The van der Waals surface area contributed by atoms with E-state index in [-0.39, 0.29) is 17.9 Å². The van der Waals surface area contributed by atoms with Crippen molar-refractivity contribution in [3.8, 4) is 0 Å². The molecule has 1 saturated heterocycles. The summed E-state index contributed by atoms with van der Waals surface area (Å²) in [7, 11) is 0. The molecule has 1 aromatic carbocycles. The smallest absolute Gasteiger partial charge is 0.243 e. The number of nitrogens with zero attached hydrogens (tertiary/aromatic N) is 4. The third kappa shape index (κ3) is 3.43. The van der Waals surface area contributed by atoms with Crippen LogP contribution >= 0.6 is 0 Å². The molecular formula is C17H23FN4O. The average molecular weight is 318 g/mol. The Balaban J connectivity index is 1.61. The van der Waals surface area contributed by atoms with Crippen LogP contribution in [0.15, 0.2) is 28.8 Å². The molecular weight excluding hydrogens is 295 g/mol. The molecule has 0 unspecified atom stereocenters. The van der Waals surface area contributed by atoms with E-state index >= 15 is 0 Å². The fraction of sp³-hybridized carbons (Fsp3) is 0.529. The zero-order valence-electron chi connectivity index (χ0n) is 13.9. The summed E-state index contributed by atoms with van der Waals surface area (Å²) in [5.41, 5.74) is 0.765. The Morgan fingerprint density at radius 1 is 1.04 bits per heavy atom. The summed E-state index contributed by atoms with van der Waals surface area (Å²) in [6.07, 6.45) is 0. The monoisotopic (exact) mass is 318 g/mol. The molecule has 0 spiro atoms. The van der Waals surface area contributed by atoms with Crippen molar-refractivity contribution in [2.24, 2.45) is 0 Å². The highest BCUT2D eigenvalue weighted by molar-refractivity contribution is 5.20. The summed E-state index contributed by atoms with van der Waals surface area (Å²) in [4.78, 5) is 8.97. The minimum absolute atomic E-state index is 0.0827. The molecule has 1 aromatic heterocycles. The third-order valence-corrected chi connectivity index (χ3v) is 4.70. The van der Waals surface area contributed by atoms with E-state index < -0.39 is 0 Å². The highest BCUT2D eigenvalue weighted by Gasteiger charge is 2.28. The van der Waals surface area contributed by atoms with Crippen molar-refractivity contribution in [2.75, 3.05) is 26.2 Å². The minimum Gasteiger partial charge on any atom is -0.338 e. The quantitative estimate of drug-likeness (QED) is 0.867.